The molecular weight excluding hydrogens is 326 g/mol. The summed E-state index contributed by atoms with van der Waals surface area (Å²) in [6.45, 7) is 14.8. The molecule has 26 heavy (non-hydrogen) atoms. The van der Waals surface area contributed by atoms with E-state index in [2.05, 4.69) is 45.8 Å². The van der Waals surface area contributed by atoms with Gasteiger partial charge in [0.25, 0.3) is 0 Å². The molecule has 0 aromatic carbocycles. The van der Waals surface area contributed by atoms with Crippen LogP contribution in [0.1, 0.15) is 63.2 Å². The van der Waals surface area contributed by atoms with Gasteiger partial charge in [0.2, 0.25) is 0 Å². The van der Waals surface area contributed by atoms with Crippen LogP contribution < -0.4 is 9.57 Å². The summed E-state index contributed by atoms with van der Waals surface area (Å²) in [5.74, 6) is 0.445. The zero-order valence-corrected chi connectivity index (χ0v) is 17.6. The number of hydrogen-bond donors (Lipinski definition) is 0. The Labute approximate surface area is 156 Å². The molecule has 0 atom stereocenters. The van der Waals surface area contributed by atoms with E-state index in [1.54, 1.807) is 7.11 Å². The van der Waals surface area contributed by atoms with Gasteiger partial charge in [-0.25, -0.2) is 4.68 Å². The van der Waals surface area contributed by atoms with E-state index in [0.29, 0.717) is 5.92 Å². The number of hydrogen-bond acceptors (Lipinski definition) is 3. The zero-order chi connectivity index (χ0) is 19.6. The van der Waals surface area contributed by atoms with E-state index in [1.165, 1.54) is 11.3 Å². The van der Waals surface area contributed by atoms with E-state index >= 15 is 0 Å². The fraction of sp³-hybridized carbons (Fsp3) is 0.550. The molecule has 0 aliphatic rings. The minimum Gasteiger partial charge on any atom is -0.338 e. The molecule has 0 N–H and O–H groups in total. The molecule has 0 aliphatic heterocycles. The third-order valence-electron chi connectivity index (χ3n) is 4.53. The third-order valence-corrected chi connectivity index (χ3v) is 4.53. The smallest absolute Gasteiger partial charge is 0.338 e. The summed E-state index contributed by atoms with van der Waals surface area (Å²) in [7, 11) is 3.60. The lowest BCUT2D eigenvalue weighted by molar-refractivity contribution is -0.871. The van der Waals surface area contributed by atoms with Crippen molar-refractivity contribution >= 4 is 11.0 Å². The summed E-state index contributed by atoms with van der Waals surface area (Å²) in [6.07, 6.45) is 2.83. The number of pyridine rings is 1. The second kappa shape index (κ2) is 7.89. The van der Waals surface area contributed by atoms with Crippen LogP contribution in [-0.4, -0.2) is 26.7 Å². The van der Waals surface area contributed by atoms with Crippen molar-refractivity contribution in [1.29, 1.82) is 0 Å². The Balaban J connectivity index is 0.00000117. The monoisotopic (exact) mass is 358 g/mol. The first kappa shape index (κ1) is 19.9. The largest absolute Gasteiger partial charge is 0.395 e. The normalized spacial score (nSPS) is 11.0. The molecule has 3 rings (SSSR count). The Morgan fingerprint density at radius 1 is 1.19 bits per heavy atom. The van der Waals surface area contributed by atoms with E-state index in [9.17, 15) is 0 Å². The maximum absolute atomic E-state index is 5.65. The van der Waals surface area contributed by atoms with Crippen LogP contribution in [0, 0.1) is 13.8 Å². The molecule has 6 nitrogen and oxygen atoms in total. The van der Waals surface area contributed by atoms with Gasteiger partial charge in [-0.15, -0.1) is 0 Å². The summed E-state index contributed by atoms with van der Waals surface area (Å²) in [5.41, 5.74) is 6.51. The molecule has 0 saturated carbocycles. The number of fused-ring (bicyclic) bond motifs is 1. The summed E-state index contributed by atoms with van der Waals surface area (Å²) in [5, 5.41) is 10.4. The van der Waals surface area contributed by atoms with Crippen molar-refractivity contribution < 1.29 is 9.57 Å². The molecule has 3 heterocycles. The predicted molar refractivity (Wildman–Crippen MR) is 105 cm³/mol. The van der Waals surface area contributed by atoms with Gasteiger partial charge in [0.1, 0.15) is 12.8 Å². The molecule has 0 aliphatic carbocycles. The highest BCUT2D eigenvalue weighted by atomic mass is 16.6. The highest BCUT2D eigenvalue weighted by molar-refractivity contribution is 5.74. The van der Waals surface area contributed by atoms with Crippen molar-refractivity contribution in [1.82, 2.24) is 19.6 Å². The van der Waals surface area contributed by atoms with Crippen LogP contribution in [0.5, 0.6) is 0 Å². The Kier molecular flexibility index (Phi) is 6.05. The maximum atomic E-state index is 5.65. The minimum atomic E-state index is 0.445. The fourth-order valence-electron chi connectivity index (χ4n) is 3.65. The second-order valence-corrected chi connectivity index (χ2v) is 6.54. The number of nitrogens with zero attached hydrogens (tertiary/aromatic N) is 5. The highest BCUT2D eigenvalue weighted by Gasteiger charge is 2.26. The van der Waals surface area contributed by atoms with Crippen LogP contribution >= 0.6 is 0 Å². The molecule has 3 aromatic rings. The van der Waals surface area contributed by atoms with E-state index in [0.717, 1.165) is 34.5 Å². The Bertz CT molecular complexity index is 905. The van der Waals surface area contributed by atoms with Crippen molar-refractivity contribution in [3.8, 4) is 5.69 Å². The van der Waals surface area contributed by atoms with E-state index < -0.39 is 0 Å². The van der Waals surface area contributed by atoms with E-state index in [4.69, 9.17) is 9.94 Å². The molecule has 0 spiro atoms. The molecule has 0 fully saturated rings. The van der Waals surface area contributed by atoms with Gasteiger partial charge in [0.15, 0.2) is 5.69 Å². The van der Waals surface area contributed by atoms with Gasteiger partial charge in [-0.05, 0) is 36.1 Å². The van der Waals surface area contributed by atoms with Gasteiger partial charge >= 0.3 is 5.65 Å². The average Bonchev–Trinajstić information content (AvgIpc) is 3.12. The van der Waals surface area contributed by atoms with Gasteiger partial charge < -0.3 is 4.84 Å². The van der Waals surface area contributed by atoms with Gasteiger partial charge in [-0.2, -0.15) is 9.78 Å². The van der Waals surface area contributed by atoms with E-state index in [1.807, 2.05) is 41.2 Å². The van der Waals surface area contributed by atoms with Crippen LogP contribution in [-0.2, 0) is 13.5 Å². The lowest BCUT2D eigenvalue weighted by atomic mass is 10.0. The number of rotatable bonds is 4. The first-order valence-corrected chi connectivity index (χ1v) is 9.41. The average molecular weight is 359 g/mol. The second-order valence-electron chi connectivity index (χ2n) is 6.54. The first-order chi connectivity index (χ1) is 12.4. The minimum absolute atomic E-state index is 0.445. The molecule has 0 radical (unpaired) electrons. The Hall–Kier alpha value is -2.37. The Morgan fingerprint density at radius 3 is 2.35 bits per heavy atom. The molecular formula is C20H32N5O+. The standard InChI is InChI=1S/C18H26N5O.C2H6/c1-8-15-16(22-13(5)17(11(2)3)12(4)19-22)9-14-10-21(6)20-18(14)23(15)24-7;1-2/h9-11H,8H2,1-7H3;1-2H3/q+1;. The van der Waals surface area contributed by atoms with Gasteiger partial charge in [0.05, 0.1) is 29.4 Å². The van der Waals surface area contributed by atoms with E-state index in [-0.39, 0.29) is 0 Å². The van der Waals surface area contributed by atoms with Crippen LogP contribution in [0.15, 0.2) is 12.3 Å². The van der Waals surface area contributed by atoms with Crippen LogP contribution in [0.25, 0.3) is 16.7 Å². The van der Waals surface area contributed by atoms with Gasteiger partial charge in [-0.1, -0.05) is 34.6 Å². The fourth-order valence-corrected chi connectivity index (χ4v) is 3.65. The number of aromatic nitrogens is 5. The summed E-state index contributed by atoms with van der Waals surface area (Å²) in [4.78, 5) is 5.65. The molecule has 0 unspecified atom stereocenters. The molecule has 142 valence electrons. The van der Waals surface area contributed by atoms with Crippen LogP contribution in [0.2, 0.25) is 0 Å². The Morgan fingerprint density at radius 2 is 1.85 bits per heavy atom. The summed E-state index contributed by atoms with van der Waals surface area (Å²) < 4.78 is 5.67. The predicted octanol–water partition coefficient (Wildman–Crippen LogP) is 3.43. The summed E-state index contributed by atoms with van der Waals surface area (Å²) in [6, 6.07) is 2.15. The van der Waals surface area contributed by atoms with Crippen molar-refractivity contribution in [3.63, 3.8) is 0 Å². The highest BCUT2D eigenvalue weighted by Crippen LogP contribution is 2.27. The third kappa shape index (κ3) is 3.20. The van der Waals surface area contributed by atoms with Crippen molar-refractivity contribution in [2.24, 2.45) is 7.05 Å². The van der Waals surface area contributed by atoms with Crippen LogP contribution in [0.4, 0.5) is 0 Å². The molecule has 0 amide bonds. The quantitative estimate of drug-likeness (QED) is 0.671. The molecule has 0 bridgehead atoms. The van der Waals surface area contributed by atoms with Gasteiger partial charge in [0, 0.05) is 12.1 Å². The van der Waals surface area contributed by atoms with Crippen molar-refractivity contribution in [2.45, 2.75) is 60.8 Å². The maximum Gasteiger partial charge on any atom is 0.395 e. The van der Waals surface area contributed by atoms with Crippen molar-refractivity contribution in [3.05, 3.63) is 34.9 Å². The molecule has 6 heteroatoms. The van der Waals surface area contributed by atoms with Gasteiger partial charge in [-0.3, -0.25) is 0 Å². The first-order valence-electron chi connectivity index (χ1n) is 9.41. The number of aryl methyl sites for hydroxylation is 2. The van der Waals surface area contributed by atoms with Crippen LogP contribution in [0.3, 0.4) is 0 Å². The summed E-state index contributed by atoms with van der Waals surface area (Å²) >= 11 is 0. The lowest BCUT2D eigenvalue weighted by Crippen LogP contribution is -2.46. The molecule has 3 aromatic heterocycles. The molecule has 0 saturated heterocycles. The zero-order valence-electron chi connectivity index (χ0n) is 17.6. The topological polar surface area (TPSA) is 48.8 Å². The SMILES string of the molecule is CC.CCc1c(-n2nc(C)c(C(C)C)c2C)cc2cn(C)nc2[n+]1OC. The van der Waals surface area contributed by atoms with Crippen molar-refractivity contribution in [2.75, 3.05) is 7.11 Å². The lowest BCUT2D eigenvalue weighted by Gasteiger charge is -2.12.